The Labute approximate surface area is 157 Å². The lowest BCUT2D eigenvalue weighted by Gasteiger charge is -2.06. The lowest BCUT2D eigenvalue weighted by Crippen LogP contribution is -2.27. The summed E-state index contributed by atoms with van der Waals surface area (Å²) in [6.07, 6.45) is 0.821. The van der Waals surface area contributed by atoms with Crippen molar-refractivity contribution in [3.63, 3.8) is 0 Å². The number of aromatic nitrogens is 2. The van der Waals surface area contributed by atoms with Crippen LogP contribution in [-0.2, 0) is 11.2 Å². The van der Waals surface area contributed by atoms with Gasteiger partial charge in [-0.3, -0.25) is 4.79 Å². The number of carbonyl (C=O) groups is 1. The molecule has 2 aromatic carbocycles. The van der Waals surface area contributed by atoms with Crippen molar-refractivity contribution in [2.24, 2.45) is 0 Å². The monoisotopic (exact) mass is 367 g/mol. The van der Waals surface area contributed by atoms with Gasteiger partial charge in [0, 0.05) is 12.1 Å². The van der Waals surface area contributed by atoms with Gasteiger partial charge in [-0.05, 0) is 43.5 Å². The van der Waals surface area contributed by atoms with Crippen LogP contribution in [0.4, 0.5) is 0 Å². The number of thioether (sulfide) groups is 1. The molecule has 6 heteroatoms. The van der Waals surface area contributed by atoms with Gasteiger partial charge < -0.3 is 9.73 Å². The predicted octanol–water partition coefficient (Wildman–Crippen LogP) is 3.80. The average molecular weight is 367 g/mol. The molecule has 1 heterocycles. The molecule has 0 aliphatic heterocycles. The number of carbonyl (C=O) groups excluding carboxylic acids is 1. The predicted molar refractivity (Wildman–Crippen MR) is 103 cm³/mol. The molecule has 0 aliphatic rings. The van der Waals surface area contributed by atoms with E-state index in [1.54, 1.807) is 0 Å². The molecule has 134 valence electrons. The Morgan fingerprint density at radius 2 is 1.85 bits per heavy atom. The van der Waals surface area contributed by atoms with E-state index in [1.807, 2.05) is 43.3 Å². The molecule has 3 aromatic rings. The molecule has 0 bridgehead atoms. The van der Waals surface area contributed by atoms with Crippen LogP contribution in [0.5, 0.6) is 0 Å². The van der Waals surface area contributed by atoms with Crippen molar-refractivity contribution in [1.82, 2.24) is 15.5 Å². The van der Waals surface area contributed by atoms with Crippen molar-refractivity contribution in [2.45, 2.75) is 25.5 Å². The van der Waals surface area contributed by atoms with E-state index in [1.165, 1.54) is 28.5 Å². The summed E-state index contributed by atoms with van der Waals surface area (Å²) >= 11 is 1.24. The highest BCUT2D eigenvalue weighted by molar-refractivity contribution is 7.99. The van der Waals surface area contributed by atoms with Crippen LogP contribution < -0.4 is 5.32 Å². The van der Waals surface area contributed by atoms with E-state index < -0.39 is 0 Å². The molecule has 1 amide bonds. The van der Waals surface area contributed by atoms with Crippen LogP contribution in [-0.4, -0.2) is 28.4 Å². The second-order valence-electron chi connectivity index (χ2n) is 6.05. The summed E-state index contributed by atoms with van der Waals surface area (Å²) < 4.78 is 5.61. The third-order valence-electron chi connectivity index (χ3n) is 4.01. The summed E-state index contributed by atoms with van der Waals surface area (Å²) in [5.74, 6) is 0.676. The van der Waals surface area contributed by atoms with Gasteiger partial charge in [0.1, 0.15) is 0 Å². The van der Waals surface area contributed by atoms with Crippen molar-refractivity contribution in [3.05, 3.63) is 65.2 Å². The number of aryl methyl sites for hydroxylation is 2. The van der Waals surface area contributed by atoms with Gasteiger partial charge in [-0.2, -0.15) is 0 Å². The zero-order chi connectivity index (χ0) is 18.4. The van der Waals surface area contributed by atoms with E-state index in [9.17, 15) is 4.79 Å². The van der Waals surface area contributed by atoms with Crippen LogP contribution >= 0.6 is 11.8 Å². The number of hydrogen-bond acceptors (Lipinski definition) is 5. The maximum Gasteiger partial charge on any atom is 0.277 e. The SMILES string of the molecule is Cc1ccc(-c2nnc(SCC(=O)NCCc3ccccc3C)o2)cc1. The highest BCUT2D eigenvalue weighted by Crippen LogP contribution is 2.23. The molecule has 0 fully saturated rings. The van der Waals surface area contributed by atoms with Crippen LogP contribution in [0.25, 0.3) is 11.5 Å². The van der Waals surface area contributed by atoms with Gasteiger partial charge in [-0.1, -0.05) is 53.7 Å². The maximum absolute atomic E-state index is 12.0. The van der Waals surface area contributed by atoms with Gasteiger partial charge in [0.05, 0.1) is 5.75 Å². The second kappa shape index (κ2) is 8.67. The molecule has 1 aromatic heterocycles. The normalized spacial score (nSPS) is 10.7. The molecule has 5 nitrogen and oxygen atoms in total. The quantitative estimate of drug-likeness (QED) is 0.643. The second-order valence-corrected chi connectivity index (χ2v) is 6.98. The number of hydrogen-bond donors (Lipinski definition) is 1. The fourth-order valence-corrected chi connectivity index (χ4v) is 3.08. The van der Waals surface area contributed by atoms with Crippen molar-refractivity contribution >= 4 is 17.7 Å². The van der Waals surface area contributed by atoms with Crippen molar-refractivity contribution < 1.29 is 9.21 Å². The van der Waals surface area contributed by atoms with Crippen LogP contribution in [0.3, 0.4) is 0 Å². The first-order valence-corrected chi connectivity index (χ1v) is 9.45. The third-order valence-corrected chi connectivity index (χ3v) is 4.83. The minimum Gasteiger partial charge on any atom is -0.411 e. The molecule has 0 saturated heterocycles. The molecule has 0 radical (unpaired) electrons. The van der Waals surface area contributed by atoms with Crippen LogP contribution in [0, 0.1) is 13.8 Å². The zero-order valence-corrected chi connectivity index (χ0v) is 15.7. The molecule has 0 atom stereocenters. The molecule has 0 spiro atoms. The minimum absolute atomic E-state index is 0.0429. The summed E-state index contributed by atoms with van der Waals surface area (Å²) in [6, 6.07) is 16.1. The van der Waals surface area contributed by atoms with E-state index >= 15 is 0 Å². The van der Waals surface area contributed by atoms with Crippen molar-refractivity contribution in [1.29, 1.82) is 0 Å². The molecular formula is C20H21N3O2S. The van der Waals surface area contributed by atoms with E-state index in [4.69, 9.17) is 4.42 Å². The molecule has 1 N–H and O–H groups in total. The van der Waals surface area contributed by atoms with Crippen LogP contribution in [0.15, 0.2) is 58.2 Å². The molecule has 0 saturated carbocycles. The number of nitrogens with zero attached hydrogens (tertiary/aromatic N) is 2. The Bertz CT molecular complexity index is 875. The van der Waals surface area contributed by atoms with Gasteiger partial charge >= 0.3 is 0 Å². The van der Waals surface area contributed by atoms with Gasteiger partial charge in [0.15, 0.2) is 0 Å². The van der Waals surface area contributed by atoms with Gasteiger partial charge in [-0.15, -0.1) is 10.2 Å². The summed E-state index contributed by atoms with van der Waals surface area (Å²) in [7, 11) is 0. The molecule has 0 aliphatic carbocycles. The summed E-state index contributed by atoms with van der Waals surface area (Å²) in [6.45, 7) is 4.72. The topological polar surface area (TPSA) is 68.0 Å². The summed E-state index contributed by atoms with van der Waals surface area (Å²) in [4.78, 5) is 12.0. The molecular weight excluding hydrogens is 346 g/mol. The van der Waals surface area contributed by atoms with Gasteiger partial charge in [-0.25, -0.2) is 0 Å². The maximum atomic E-state index is 12.0. The summed E-state index contributed by atoms with van der Waals surface area (Å²) in [5, 5.41) is 11.4. The zero-order valence-electron chi connectivity index (χ0n) is 14.9. The first-order chi connectivity index (χ1) is 12.6. The van der Waals surface area contributed by atoms with E-state index in [0.29, 0.717) is 17.7 Å². The van der Waals surface area contributed by atoms with Crippen LogP contribution in [0.2, 0.25) is 0 Å². The number of nitrogens with one attached hydrogen (secondary N) is 1. The van der Waals surface area contributed by atoms with E-state index in [0.717, 1.165) is 12.0 Å². The smallest absolute Gasteiger partial charge is 0.277 e. The molecule has 0 unspecified atom stereocenters. The number of rotatable bonds is 7. The highest BCUT2D eigenvalue weighted by Gasteiger charge is 2.11. The Balaban J connectivity index is 1.45. The lowest BCUT2D eigenvalue weighted by molar-refractivity contribution is -0.118. The number of benzene rings is 2. The Kier molecular flexibility index (Phi) is 6.07. The third kappa shape index (κ3) is 4.95. The van der Waals surface area contributed by atoms with Crippen LogP contribution in [0.1, 0.15) is 16.7 Å². The Hall–Kier alpha value is -2.60. The minimum atomic E-state index is -0.0429. The Morgan fingerprint density at radius 1 is 1.08 bits per heavy atom. The first kappa shape index (κ1) is 18.2. The first-order valence-electron chi connectivity index (χ1n) is 8.46. The van der Waals surface area contributed by atoms with E-state index in [2.05, 4.69) is 34.6 Å². The standard InChI is InChI=1S/C20H21N3O2S/c1-14-7-9-17(10-8-14)19-22-23-20(25-19)26-13-18(24)21-12-11-16-6-4-3-5-15(16)2/h3-10H,11-13H2,1-2H3,(H,21,24). The fourth-order valence-electron chi connectivity index (χ4n) is 2.49. The Morgan fingerprint density at radius 3 is 2.62 bits per heavy atom. The molecule has 3 rings (SSSR count). The van der Waals surface area contributed by atoms with Crippen molar-refractivity contribution in [2.75, 3.05) is 12.3 Å². The van der Waals surface area contributed by atoms with E-state index in [-0.39, 0.29) is 11.7 Å². The lowest BCUT2D eigenvalue weighted by atomic mass is 10.1. The average Bonchev–Trinajstić information content (AvgIpc) is 3.11. The number of amides is 1. The molecule has 26 heavy (non-hydrogen) atoms. The highest BCUT2D eigenvalue weighted by atomic mass is 32.2. The fraction of sp³-hybridized carbons (Fsp3) is 0.250. The largest absolute Gasteiger partial charge is 0.411 e. The van der Waals surface area contributed by atoms with Gasteiger partial charge in [0.25, 0.3) is 5.22 Å². The van der Waals surface area contributed by atoms with Crippen molar-refractivity contribution in [3.8, 4) is 11.5 Å². The van der Waals surface area contributed by atoms with Gasteiger partial charge in [0.2, 0.25) is 11.8 Å². The summed E-state index contributed by atoms with van der Waals surface area (Å²) in [5.41, 5.74) is 4.54.